The Labute approximate surface area is 111 Å². The summed E-state index contributed by atoms with van der Waals surface area (Å²) < 4.78 is 10.6. The van der Waals surface area contributed by atoms with E-state index in [0.717, 1.165) is 5.56 Å². The molecule has 0 aliphatic heterocycles. The van der Waals surface area contributed by atoms with Crippen LogP contribution in [0.15, 0.2) is 30.3 Å². The van der Waals surface area contributed by atoms with E-state index in [4.69, 9.17) is 9.47 Å². The Morgan fingerprint density at radius 2 is 1.79 bits per heavy atom. The number of hydrogen-bond acceptors (Lipinski definition) is 6. The Kier molecular flexibility index (Phi) is 4.49. The van der Waals surface area contributed by atoms with E-state index in [9.17, 15) is 0 Å². The summed E-state index contributed by atoms with van der Waals surface area (Å²) in [6.07, 6.45) is 0. The molecule has 2 rings (SSSR count). The Bertz CT molecular complexity index is 519. The fraction of sp³-hybridized carbons (Fsp3) is 0.308. The first kappa shape index (κ1) is 13.1. The molecule has 100 valence electrons. The third-order valence-electron chi connectivity index (χ3n) is 2.32. The van der Waals surface area contributed by atoms with Crippen LogP contribution in [0.2, 0.25) is 0 Å². The average molecular weight is 260 g/mol. The fourth-order valence-corrected chi connectivity index (χ4v) is 1.45. The van der Waals surface area contributed by atoms with Crippen molar-refractivity contribution < 1.29 is 9.47 Å². The van der Waals surface area contributed by atoms with Gasteiger partial charge in [0, 0.05) is 6.54 Å². The second-order valence-corrected chi connectivity index (χ2v) is 3.73. The molecule has 1 heterocycles. The van der Waals surface area contributed by atoms with Gasteiger partial charge in [-0.1, -0.05) is 30.3 Å². The number of aromatic nitrogens is 3. The molecule has 0 bridgehead atoms. The number of ether oxygens (including phenoxy) is 2. The molecular formula is C13H16N4O2. The maximum absolute atomic E-state index is 5.54. The molecule has 0 atom stereocenters. The van der Waals surface area contributed by atoms with Crippen molar-refractivity contribution in [2.45, 2.75) is 13.5 Å². The molecule has 1 aromatic carbocycles. The normalized spacial score (nSPS) is 10.0. The summed E-state index contributed by atoms with van der Waals surface area (Å²) in [5, 5.41) is 3.00. The molecule has 0 aliphatic rings. The highest BCUT2D eigenvalue weighted by Gasteiger charge is 2.07. The molecule has 6 heteroatoms. The largest absolute Gasteiger partial charge is 0.467 e. The lowest BCUT2D eigenvalue weighted by atomic mass is 10.2. The van der Waals surface area contributed by atoms with Crippen LogP contribution in [0.4, 0.5) is 5.95 Å². The highest BCUT2D eigenvalue weighted by Crippen LogP contribution is 2.13. The van der Waals surface area contributed by atoms with E-state index in [1.165, 1.54) is 7.11 Å². The van der Waals surface area contributed by atoms with Crippen molar-refractivity contribution in [1.29, 1.82) is 0 Å². The van der Waals surface area contributed by atoms with Gasteiger partial charge in [-0.05, 0) is 12.5 Å². The lowest BCUT2D eigenvalue weighted by molar-refractivity contribution is 0.271. The molecule has 0 amide bonds. The van der Waals surface area contributed by atoms with Crippen LogP contribution >= 0.6 is 0 Å². The molecule has 6 nitrogen and oxygen atoms in total. The zero-order valence-electron chi connectivity index (χ0n) is 11.0. The summed E-state index contributed by atoms with van der Waals surface area (Å²) in [5.74, 6) is 0.442. The van der Waals surface area contributed by atoms with Crippen LogP contribution in [0.3, 0.4) is 0 Å². The summed E-state index contributed by atoms with van der Waals surface area (Å²) in [5.41, 5.74) is 1.05. The summed E-state index contributed by atoms with van der Waals surface area (Å²) in [6, 6.07) is 10.3. The fourth-order valence-electron chi connectivity index (χ4n) is 1.45. The third kappa shape index (κ3) is 3.80. The number of benzene rings is 1. The molecule has 2 aromatic rings. The lowest BCUT2D eigenvalue weighted by Crippen LogP contribution is -2.07. The summed E-state index contributed by atoms with van der Waals surface area (Å²) in [6.45, 7) is 3.08. The van der Waals surface area contributed by atoms with Gasteiger partial charge in [0.25, 0.3) is 0 Å². The molecule has 1 aromatic heterocycles. The van der Waals surface area contributed by atoms with Crippen molar-refractivity contribution in [3.8, 4) is 12.0 Å². The zero-order chi connectivity index (χ0) is 13.5. The van der Waals surface area contributed by atoms with E-state index >= 15 is 0 Å². The topological polar surface area (TPSA) is 69.2 Å². The lowest BCUT2D eigenvalue weighted by Gasteiger charge is -2.08. The standard InChI is InChI=1S/C13H16N4O2/c1-3-14-11-15-12(18-2)17-13(16-11)19-9-10-7-5-4-6-8-10/h4-8H,3,9H2,1-2H3,(H,14,15,16,17). The number of rotatable bonds is 6. The third-order valence-corrected chi connectivity index (χ3v) is 2.32. The van der Waals surface area contributed by atoms with E-state index in [-0.39, 0.29) is 12.0 Å². The molecule has 0 spiro atoms. The molecule has 0 saturated carbocycles. The molecule has 0 unspecified atom stereocenters. The number of anilines is 1. The summed E-state index contributed by atoms with van der Waals surface area (Å²) in [4.78, 5) is 12.3. The van der Waals surface area contributed by atoms with Gasteiger partial charge in [0.05, 0.1) is 7.11 Å². The van der Waals surface area contributed by atoms with Gasteiger partial charge >= 0.3 is 12.0 Å². The van der Waals surface area contributed by atoms with Crippen LogP contribution in [0.1, 0.15) is 12.5 Å². The van der Waals surface area contributed by atoms with Gasteiger partial charge in [0.15, 0.2) is 0 Å². The van der Waals surface area contributed by atoms with Gasteiger partial charge in [0.2, 0.25) is 5.95 Å². The Morgan fingerprint density at radius 3 is 2.47 bits per heavy atom. The summed E-state index contributed by atoms with van der Waals surface area (Å²) >= 11 is 0. The first-order valence-corrected chi connectivity index (χ1v) is 6.02. The second-order valence-electron chi connectivity index (χ2n) is 3.73. The average Bonchev–Trinajstić information content (AvgIpc) is 2.46. The predicted octanol–water partition coefficient (Wildman–Crippen LogP) is 1.89. The van der Waals surface area contributed by atoms with E-state index in [2.05, 4.69) is 20.3 Å². The monoisotopic (exact) mass is 260 g/mol. The molecule has 0 saturated heterocycles. The van der Waals surface area contributed by atoms with Crippen molar-refractivity contribution in [3.05, 3.63) is 35.9 Å². The minimum absolute atomic E-state index is 0.231. The van der Waals surface area contributed by atoms with Gasteiger partial charge in [-0.25, -0.2) is 0 Å². The maximum Gasteiger partial charge on any atom is 0.324 e. The SMILES string of the molecule is CCNc1nc(OC)nc(OCc2ccccc2)n1. The van der Waals surface area contributed by atoms with Gasteiger partial charge in [-0.15, -0.1) is 4.98 Å². The van der Waals surface area contributed by atoms with Crippen molar-refractivity contribution in [2.75, 3.05) is 19.0 Å². The van der Waals surface area contributed by atoms with Crippen LogP contribution in [-0.2, 0) is 6.61 Å². The van der Waals surface area contributed by atoms with Gasteiger partial charge in [0.1, 0.15) is 6.61 Å². The highest BCUT2D eigenvalue weighted by atomic mass is 16.5. The molecule has 0 radical (unpaired) electrons. The Hall–Kier alpha value is -2.37. The van der Waals surface area contributed by atoms with E-state index in [0.29, 0.717) is 19.1 Å². The maximum atomic E-state index is 5.54. The van der Waals surface area contributed by atoms with Gasteiger partial charge in [-0.2, -0.15) is 9.97 Å². The number of hydrogen-bond donors (Lipinski definition) is 1. The van der Waals surface area contributed by atoms with E-state index < -0.39 is 0 Å². The van der Waals surface area contributed by atoms with Crippen LogP contribution < -0.4 is 14.8 Å². The summed E-state index contributed by atoms with van der Waals surface area (Å²) in [7, 11) is 1.51. The van der Waals surface area contributed by atoms with Crippen LogP contribution in [0, 0.1) is 0 Å². The van der Waals surface area contributed by atoms with Gasteiger partial charge < -0.3 is 14.8 Å². The first-order chi connectivity index (χ1) is 9.31. The van der Waals surface area contributed by atoms with Crippen LogP contribution in [0.5, 0.6) is 12.0 Å². The zero-order valence-corrected chi connectivity index (χ0v) is 11.0. The van der Waals surface area contributed by atoms with Crippen LogP contribution in [-0.4, -0.2) is 28.6 Å². The predicted molar refractivity (Wildman–Crippen MR) is 71.3 cm³/mol. The van der Waals surface area contributed by atoms with Crippen molar-refractivity contribution in [3.63, 3.8) is 0 Å². The minimum Gasteiger partial charge on any atom is -0.467 e. The highest BCUT2D eigenvalue weighted by molar-refractivity contribution is 5.27. The van der Waals surface area contributed by atoms with Crippen molar-refractivity contribution in [1.82, 2.24) is 15.0 Å². The first-order valence-electron chi connectivity index (χ1n) is 6.02. The number of nitrogens with zero attached hydrogens (tertiary/aromatic N) is 3. The quantitative estimate of drug-likeness (QED) is 0.855. The minimum atomic E-state index is 0.231. The smallest absolute Gasteiger partial charge is 0.324 e. The second kappa shape index (κ2) is 6.53. The molecule has 1 N–H and O–H groups in total. The molecule has 19 heavy (non-hydrogen) atoms. The Morgan fingerprint density at radius 1 is 1.05 bits per heavy atom. The molecule has 0 aliphatic carbocycles. The van der Waals surface area contributed by atoms with E-state index in [1.54, 1.807) is 0 Å². The van der Waals surface area contributed by atoms with Crippen molar-refractivity contribution in [2.24, 2.45) is 0 Å². The number of nitrogens with one attached hydrogen (secondary N) is 1. The molecule has 0 fully saturated rings. The van der Waals surface area contributed by atoms with Crippen LogP contribution in [0.25, 0.3) is 0 Å². The molecular weight excluding hydrogens is 244 g/mol. The Balaban J connectivity index is 2.08. The van der Waals surface area contributed by atoms with E-state index in [1.807, 2.05) is 37.3 Å². The number of methoxy groups -OCH3 is 1. The van der Waals surface area contributed by atoms with Crippen molar-refractivity contribution >= 4 is 5.95 Å². The van der Waals surface area contributed by atoms with Gasteiger partial charge in [-0.3, -0.25) is 0 Å².